The topological polar surface area (TPSA) is 51.0 Å². The third-order valence-electron chi connectivity index (χ3n) is 4.28. The van der Waals surface area contributed by atoms with E-state index in [2.05, 4.69) is 9.97 Å². The van der Waals surface area contributed by atoms with Crippen LogP contribution in [0.3, 0.4) is 0 Å². The fraction of sp³-hybridized carbons (Fsp3) is 0.167. The smallest absolute Gasteiger partial charge is 0.255 e. The summed E-state index contributed by atoms with van der Waals surface area (Å²) in [6, 6.07) is 10.8. The van der Waals surface area contributed by atoms with Gasteiger partial charge in [-0.2, -0.15) is 0 Å². The summed E-state index contributed by atoms with van der Waals surface area (Å²) in [7, 11) is 0. The van der Waals surface area contributed by atoms with Crippen LogP contribution in [0.15, 0.2) is 48.9 Å². The summed E-state index contributed by atoms with van der Waals surface area (Å²) in [5, 5.41) is 0.668. The highest BCUT2D eigenvalue weighted by molar-refractivity contribution is 6.43. The first-order valence-electron chi connectivity index (χ1n) is 7.85. The third kappa shape index (κ3) is 2.90. The quantitative estimate of drug-likeness (QED) is 0.687. The van der Waals surface area contributed by atoms with Crippen molar-refractivity contribution < 1.29 is 4.79 Å². The monoisotopic (exact) mass is 372 g/mol. The molecule has 4 rings (SSSR count). The van der Waals surface area contributed by atoms with Crippen molar-refractivity contribution in [1.29, 1.82) is 0 Å². The van der Waals surface area contributed by atoms with Gasteiger partial charge >= 0.3 is 0 Å². The number of rotatable bonds is 2. The Morgan fingerprint density at radius 2 is 1.96 bits per heavy atom. The van der Waals surface area contributed by atoms with Crippen LogP contribution >= 0.6 is 23.2 Å². The van der Waals surface area contributed by atoms with Crippen molar-refractivity contribution >= 4 is 29.1 Å². The SMILES string of the molecule is O=C(c1cccc(Cl)c1Cl)N1CCc2ncn(-c3ccccn3)c2C1. The Morgan fingerprint density at radius 1 is 1.08 bits per heavy atom. The first-order valence-corrected chi connectivity index (χ1v) is 8.60. The van der Waals surface area contributed by atoms with E-state index in [1.165, 1.54) is 0 Å². The lowest BCUT2D eigenvalue weighted by atomic mass is 10.1. The van der Waals surface area contributed by atoms with E-state index in [1.807, 2.05) is 22.8 Å². The van der Waals surface area contributed by atoms with Crippen molar-refractivity contribution in [3.05, 3.63) is 75.9 Å². The average Bonchev–Trinajstić information content (AvgIpc) is 3.07. The molecule has 1 amide bonds. The zero-order valence-corrected chi connectivity index (χ0v) is 14.7. The summed E-state index contributed by atoms with van der Waals surface area (Å²) in [5.41, 5.74) is 2.38. The van der Waals surface area contributed by atoms with Crippen molar-refractivity contribution in [2.24, 2.45) is 0 Å². The Balaban J connectivity index is 1.66. The van der Waals surface area contributed by atoms with E-state index in [4.69, 9.17) is 23.2 Å². The maximum absolute atomic E-state index is 12.9. The highest BCUT2D eigenvalue weighted by atomic mass is 35.5. The van der Waals surface area contributed by atoms with Gasteiger partial charge in [-0.05, 0) is 24.3 Å². The molecule has 0 saturated heterocycles. The first kappa shape index (κ1) is 16.1. The summed E-state index contributed by atoms with van der Waals surface area (Å²) < 4.78 is 1.92. The van der Waals surface area contributed by atoms with E-state index >= 15 is 0 Å². The van der Waals surface area contributed by atoms with Crippen LogP contribution in [0.5, 0.6) is 0 Å². The molecule has 1 aliphatic heterocycles. The molecular formula is C18H14Cl2N4O. The van der Waals surface area contributed by atoms with E-state index in [0.29, 0.717) is 30.1 Å². The van der Waals surface area contributed by atoms with Gasteiger partial charge < -0.3 is 4.90 Å². The van der Waals surface area contributed by atoms with Gasteiger partial charge in [-0.3, -0.25) is 9.36 Å². The molecule has 0 spiro atoms. The van der Waals surface area contributed by atoms with E-state index in [-0.39, 0.29) is 10.9 Å². The van der Waals surface area contributed by atoms with Crippen molar-refractivity contribution in [1.82, 2.24) is 19.4 Å². The molecule has 25 heavy (non-hydrogen) atoms. The number of halogens is 2. The largest absolute Gasteiger partial charge is 0.332 e. The van der Waals surface area contributed by atoms with Gasteiger partial charge in [-0.15, -0.1) is 0 Å². The molecule has 3 aromatic rings. The molecule has 5 nitrogen and oxygen atoms in total. The van der Waals surface area contributed by atoms with Gasteiger partial charge in [0.05, 0.1) is 33.5 Å². The number of nitrogens with zero attached hydrogens (tertiary/aromatic N) is 4. The highest BCUT2D eigenvalue weighted by Gasteiger charge is 2.27. The zero-order chi connectivity index (χ0) is 17.4. The average molecular weight is 373 g/mol. The summed E-state index contributed by atoms with van der Waals surface area (Å²) in [5.74, 6) is 0.651. The zero-order valence-electron chi connectivity index (χ0n) is 13.2. The molecule has 0 bridgehead atoms. The summed E-state index contributed by atoms with van der Waals surface area (Å²) in [6.07, 6.45) is 4.19. The molecular weight excluding hydrogens is 359 g/mol. The van der Waals surface area contributed by atoms with Gasteiger partial charge in [0.25, 0.3) is 5.91 Å². The lowest BCUT2D eigenvalue weighted by Crippen LogP contribution is -2.36. The molecule has 0 fully saturated rings. The number of hydrogen-bond acceptors (Lipinski definition) is 3. The van der Waals surface area contributed by atoms with Gasteiger partial charge in [0.2, 0.25) is 0 Å². The van der Waals surface area contributed by atoms with E-state index in [9.17, 15) is 4.79 Å². The van der Waals surface area contributed by atoms with Crippen LogP contribution in [0, 0.1) is 0 Å². The number of amides is 1. The van der Waals surface area contributed by atoms with Gasteiger partial charge in [-0.1, -0.05) is 35.3 Å². The number of hydrogen-bond donors (Lipinski definition) is 0. The molecule has 2 aromatic heterocycles. The first-order chi connectivity index (χ1) is 12.1. The van der Waals surface area contributed by atoms with Gasteiger partial charge in [0.1, 0.15) is 12.1 Å². The minimum absolute atomic E-state index is 0.132. The molecule has 0 N–H and O–H groups in total. The van der Waals surface area contributed by atoms with E-state index in [1.54, 1.807) is 35.6 Å². The molecule has 0 radical (unpaired) electrons. The van der Waals surface area contributed by atoms with Gasteiger partial charge in [0.15, 0.2) is 0 Å². The molecule has 0 aliphatic carbocycles. The maximum Gasteiger partial charge on any atom is 0.255 e. The van der Waals surface area contributed by atoms with Crippen LogP contribution in [0.4, 0.5) is 0 Å². The molecule has 3 heterocycles. The highest BCUT2D eigenvalue weighted by Crippen LogP contribution is 2.28. The lowest BCUT2D eigenvalue weighted by molar-refractivity contribution is 0.0731. The van der Waals surface area contributed by atoms with Crippen molar-refractivity contribution in [2.45, 2.75) is 13.0 Å². The predicted molar refractivity (Wildman–Crippen MR) is 96.3 cm³/mol. The standard InChI is InChI=1S/C18H14Cl2N4O/c19-13-5-3-4-12(17(13)20)18(25)23-9-7-14-15(10-23)24(11-22-14)16-6-1-2-8-21-16/h1-6,8,11H,7,9-10H2. The summed E-state index contributed by atoms with van der Waals surface area (Å²) in [6.45, 7) is 1.04. The summed E-state index contributed by atoms with van der Waals surface area (Å²) >= 11 is 12.2. The number of imidazole rings is 1. The van der Waals surface area contributed by atoms with Crippen molar-refractivity contribution in [3.63, 3.8) is 0 Å². The third-order valence-corrected chi connectivity index (χ3v) is 5.10. The fourth-order valence-corrected chi connectivity index (χ4v) is 3.38. The van der Waals surface area contributed by atoms with Crippen molar-refractivity contribution in [2.75, 3.05) is 6.54 Å². The molecule has 126 valence electrons. The van der Waals surface area contributed by atoms with Gasteiger partial charge in [-0.25, -0.2) is 9.97 Å². The number of aromatic nitrogens is 3. The van der Waals surface area contributed by atoms with Crippen LogP contribution in [-0.4, -0.2) is 31.9 Å². The molecule has 1 aliphatic rings. The molecule has 0 unspecified atom stereocenters. The maximum atomic E-state index is 12.9. The second-order valence-electron chi connectivity index (χ2n) is 5.77. The Hall–Kier alpha value is -2.37. The molecule has 7 heteroatoms. The van der Waals surface area contributed by atoms with Crippen LogP contribution in [0.1, 0.15) is 21.7 Å². The van der Waals surface area contributed by atoms with Crippen LogP contribution < -0.4 is 0 Å². The number of benzene rings is 1. The van der Waals surface area contributed by atoms with Crippen LogP contribution in [-0.2, 0) is 13.0 Å². The van der Waals surface area contributed by atoms with E-state index in [0.717, 1.165) is 17.2 Å². The summed E-state index contributed by atoms with van der Waals surface area (Å²) in [4.78, 5) is 23.5. The minimum Gasteiger partial charge on any atom is -0.332 e. The molecule has 0 saturated carbocycles. The second-order valence-corrected chi connectivity index (χ2v) is 6.56. The lowest BCUT2D eigenvalue weighted by Gasteiger charge is -2.28. The molecule has 0 atom stereocenters. The predicted octanol–water partition coefficient (Wildman–Crippen LogP) is 3.77. The number of carbonyl (C=O) groups is 1. The van der Waals surface area contributed by atoms with Gasteiger partial charge in [0, 0.05) is 19.2 Å². The normalized spacial score (nSPS) is 13.6. The second kappa shape index (κ2) is 6.50. The Bertz CT molecular complexity index is 940. The number of fused-ring (bicyclic) bond motifs is 1. The Labute approximate surface area is 154 Å². The van der Waals surface area contributed by atoms with Crippen LogP contribution in [0.2, 0.25) is 10.0 Å². The fourth-order valence-electron chi connectivity index (χ4n) is 2.99. The van der Waals surface area contributed by atoms with Crippen molar-refractivity contribution in [3.8, 4) is 5.82 Å². The number of pyridine rings is 1. The number of carbonyl (C=O) groups excluding carboxylic acids is 1. The van der Waals surface area contributed by atoms with Crippen LogP contribution in [0.25, 0.3) is 5.82 Å². The Morgan fingerprint density at radius 3 is 2.76 bits per heavy atom. The molecule has 1 aromatic carbocycles. The minimum atomic E-state index is -0.132. The Kier molecular flexibility index (Phi) is 4.19. The van der Waals surface area contributed by atoms with E-state index < -0.39 is 0 Å².